The maximum atomic E-state index is 13.1. The van der Waals surface area contributed by atoms with Gasteiger partial charge in [0.15, 0.2) is 0 Å². The lowest BCUT2D eigenvalue weighted by molar-refractivity contribution is -0.135. The van der Waals surface area contributed by atoms with Gasteiger partial charge < -0.3 is 15.5 Å². The maximum Gasteiger partial charge on any atom is 0.389 e. The van der Waals surface area contributed by atoms with Crippen molar-refractivity contribution in [3.63, 3.8) is 0 Å². The number of halogens is 3. The number of carbonyl (C=O) groups excluding carboxylic acids is 1. The number of aryl methyl sites for hydroxylation is 1. The van der Waals surface area contributed by atoms with E-state index < -0.39 is 18.6 Å². The van der Waals surface area contributed by atoms with Crippen molar-refractivity contribution in [2.75, 3.05) is 28.6 Å². The fourth-order valence-electron chi connectivity index (χ4n) is 4.29. The Hall–Kier alpha value is -4.67. The van der Waals surface area contributed by atoms with Crippen LogP contribution in [0.15, 0.2) is 78.9 Å². The maximum absolute atomic E-state index is 13.1. The molecule has 0 atom stereocenters. The number of tetrazole rings is 1. The Morgan fingerprint density at radius 1 is 1.02 bits per heavy atom. The number of hydrogen-bond donors (Lipinski definition) is 3. The van der Waals surface area contributed by atoms with E-state index in [1.807, 2.05) is 56.3 Å². The molecule has 2 amide bonds. The second-order valence-corrected chi connectivity index (χ2v) is 9.56. The summed E-state index contributed by atoms with van der Waals surface area (Å²) < 4.78 is 38.8. The Morgan fingerprint density at radius 3 is 2.40 bits per heavy atom. The van der Waals surface area contributed by atoms with Gasteiger partial charge in [-0.05, 0) is 60.9 Å². The fourth-order valence-corrected chi connectivity index (χ4v) is 4.29. The molecule has 4 aromatic rings. The van der Waals surface area contributed by atoms with Gasteiger partial charge >= 0.3 is 12.2 Å². The summed E-state index contributed by atoms with van der Waals surface area (Å²) in [4.78, 5) is 14.9. The van der Waals surface area contributed by atoms with Gasteiger partial charge in [0.25, 0.3) is 0 Å². The lowest BCUT2D eigenvalue weighted by atomic mass is 9.98. The first-order valence-electron chi connectivity index (χ1n) is 12.7. The highest BCUT2D eigenvalue weighted by Gasteiger charge is 2.27. The van der Waals surface area contributed by atoms with E-state index in [9.17, 15) is 18.0 Å². The molecule has 40 heavy (non-hydrogen) atoms. The number of aromatic nitrogens is 4. The van der Waals surface area contributed by atoms with E-state index in [-0.39, 0.29) is 13.0 Å². The van der Waals surface area contributed by atoms with Gasteiger partial charge in [-0.1, -0.05) is 60.2 Å². The standard InChI is InChI=1S/C29H30F3N7O/c1-19(2)18-39(16-6-15-29(30,31)32)26-14-11-21(23-7-4-5-8-24(23)27-35-37-38-36-27)17-25(26)34-28(40)33-22-12-9-20(3)10-13-22/h4-5,7-14,17H,1,6,15-16,18H2,2-3H3,(H2,33,34,40)(H,35,36,37,38). The Morgan fingerprint density at radius 2 is 1.75 bits per heavy atom. The minimum absolute atomic E-state index is 0.103. The average molecular weight is 550 g/mol. The number of anilines is 3. The van der Waals surface area contributed by atoms with E-state index in [0.29, 0.717) is 29.4 Å². The van der Waals surface area contributed by atoms with Crippen molar-refractivity contribution in [2.24, 2.45) is 0 Å². The van der Waals surface area contributed by atoms with E-state index in [1.165, 1.54) is 0 Å². The molecule has 1 heterocycles. The van der Waals surface area contributed by atoms with E-state index in [0.717, 1.165) is 27.8 Å². The molecule has 0 saturated carbocycles. The minimum atomic E-state index is -4.26. The minimum Gasteiger partial charge on any atom is -0.366 e. The molecule has 0 aliphatic heterocycles. The molecule has 3 N–H and O–H groups in total. The summed E-state index contributed by atoms with van der Waals surface area (Å²) in [6.07, 6.45) is -5.27. The molecule has 0 saturated heterocycles. The van der Waals surface area contributed by atoms with Gasteiger partial charge in [-0.25, -0.2) is 4.79 Å². The molecule has 0 fully saturated rings. The molecule has 0 radical (unpaired) electrons. The van der Waals surface area contributed by atoms with E-state index in [1.54, 1.807) is 29.2 Å². The number of carbonyl (C=O) groups is 1. The highest BCUT2D eigenvalue weighted by atomic mass is 19.4. The van der Waals surface area contributed by atoms with Gasteiger partial charge in [-0.3, -0.25) is 0 Å². The number of urea groups is 1. The van der Waals surface area contributed by atoms with Crippen molar-refractivity contribution >= 4 is 23.1 Å². The second kappa shape index (κ2) is 12.5. The number of benzene rings is 3. The monoisotopic (exact) mass is 549 g/mol. The summed E-state index contributed by atoms with van der Waals surface area (Å²) >= 11 is 0. The predicted molar refractivity (Wildman–Crippen MR) is 151 cm³/mol. The number of alkyl halides is 3. The van der Waals surface area contributed by atoms with Crippen LogP contribution in [-0.4, -0.2) is 45.9 Å². The summed E-state index contributed by atoms with van der Waals surface area (Å²) in [7, 11) is 0. The zero-order chi connectivity index (χ0) is 28.7. The number of rotatable bonds is 10. The van der Waals surface area contributed by atoms with Gasteiger partial charge in [0.05, 0.1) is 11.4 Å². The number of aromatic amines is 1. The van der Waals surface area contributed by atoms with Crippen LogP contribution in [-0.2, 0) is 0 Å². The van der Waals surface area contributed by atoms with Gasteiger partial charge in [0.1, 0.15) is 0 Å². The Kier molecular flexibility index (Phi) is 8.83. The molecule has 11 heteroatoms. The van der Waals surface area contributed by atoms with Crippen molar-refractivity contribution < 1.29 is 18.0 Å². The van der Waals surface area contributed by atoms with Gasteiger partial charge in [0.2, 0.25) is 5.82 Å². The molecule has 0 aliphatic rings. The molecule has 8 nitrogen and oxygen atoms in total. The van der Waals surface area contributed by atoms with Crippen LogP contribution < -0.4 is 15.5 Å². The molecule has 0 unspecified atom stereocenters. The third-order valence-electron chi connectivity index (χ3n) is 6.07. The number of H-pyrrole nitrogens is 1. The number of nitrogens with one attached hydrogen (secondary N) is 3. The summed E-state index contributed by atoms with van der Waals surface area (Å²) in [5.74, 6) is 0.405. The molecular formula is C29H30F3N7O. The Bertz CT molecular complexity index is 1450. The highest BCUT2D eigenvalue weighted by molar-refractivity contribution is 6.02. The lowest BCUT2D eigenvalue weighted by Gasteiger charge is -2.28. The topological polar surface area (TPSA) is 98.8 Å². The SMILES string of the molecule is C=C(C)CN(CCCC(F)(F)F)c1ccc(-c2ccccc2-c2nn[nH]n2)cc1NC(=O)Nc1ccc(C)cc1. The van der Waals surface area contributed by atoms with Crippen LogP contribution >= 0.6 is 0 Å². The first-order chi connectivity index (χ1) is 19.1. The summed E-state index contributed by atoms with van der Waals surface area (Å²) in [6, 6.07) is 19.8. The second-order valence-electron chi connectivity index (χ2n) is 9.56. The molecule has 0 bridgehead atoms. The average Bonchev–Trinajstić information content (AvgIpc) is 3.44. The van der Waals surface area contributed by atoms with Crippen molar-refractivity contribution in [1.82, 2.24) is 20.6 Å². The molecule has 208 valence electrons. The zero-order valence-electron chi connectivity index (χ0n) is 22.2. The normalized spacial score (nSPS) is 11.2. The zero-order valence-corrected chi connectivity index (χ0v) is 22.2. The van der Waals surface area contributed by atoms with Crippen LogP contribution in [0.4, 0.5) is 35.0 Å². The third kappa shape index (κ3) is 7.68. The summed E-state index contributed by atoms with van der Waals surface area (Å²) in [5.41, 5.74) is 5.70. The predicted octanol–water partition coefficient (Wildman–Crippen LogP) is 7.21. The van der Waals surface area contributed by atoms with Gasteiger partial charge in [-0.2, -0.15) is 18.4 Å². The Labute approximate surface area is 230 Å². The van der Waals surface area contributed by atoms with Crippen molar-refractivity contribution in [3.05, 3.63) is 84.4 Å². The lowest BCUT2D eigenvalue weighted by Crippen LogP contribution is -2.29. The highest BCUT2D eigenvalue weighted by Crippen LogP contribution is 2.36. The number of hydrogen-bond acceptors (Lipinski definition) is 5. The molecule has 4 rings (SSSR count). The number of nitrogens with zero attached hydrogens (tertiary/aromatic N) is 4. The van der Waals surface area contributed by atoms with Crippen LogP contribution in [0, 0.1) is 6.92 Å². The van der Waals surface area contributed by atoms with Crippen LogP contribution in [0.25, 0.3) is 22.5 Å². The fraction of sp³-hybridized carbons (Fsp3) is 0.241. The molecule has 1 aromatic heterocycles. The molecule has 0 aliphatic carbocycles. The van der Waals surface area contributed by atoms with Crippen LogP contribution in [0.3, 0.4) is 0 Å². The third-order valence-corrected chi connectivity index (χ3v) is 6.07. The van der Waals surface area contributed by atoms with Crippen LogP contribution in [0.5, 0.6) is 0 Å². The van der Waals surface area contributed by atoms with Crippen LogP contribution in [0.2, 0.25) is 0 Å². The van der Waals surface area contributed by atoms with Gasteiger partial charge in [-0.15, -0.1) is 10.2 Å². The van der Waals surface area contributed by atoms with E-state index in [4.69, 9.17) is 0 Å². The van der Waals surface area contributed by atoms with Crippen LogP contribution in [0.1, 0.15) is 25.3 Å². The smallest absolute Gasteiger partial charge is 0.366 e. The Balaban J connectivity index is 1.72. The van der Waals surface area contributed by atoms with Gasteiger partial charge in [0, 0.05) is 30.8 Å². The van der Waals surface area contributed by atoms with E-state index in [2.05, 4.69) is 37.8 Å². The first-order valence-corrected chi connectivity index (χ1v) is 12.7. The van der Waals surface area contributed by atoms with Crippen molar-refractivity contribution in [3.8, 4) is 22.5 Å². The largest absolute Gasteiger partial charge is 0.389 e. The van der Waals surface area contributed by atoms with Crippen molar-refractivity contribution in [1.29, 1.82) is 0 Å². The first kappa shape index (κ1) is 28.3. The number of amides is 2. The molecule has 0 spiro atoms. The quantitative estimate of drug-likeness (QED) is 0.182. The van der Waals surface area contributed by atoms with E-state index >= 15 is 0 Å². The van der Waals surface area contributed by atoms with Crippen molar-refractivity contribution in [2.45, 2.75) is 32.9 Å². The molecule has 3 aromatic carbocycles. The molecular weight excluding hydrogens is 519 g/mol. The summed E-state index contributed by atoms with van der Waals surface area (Å²) in [6.45, 7) is 8.15. The summed E-state index contributed by atoms with van der Waals surface area (Å²) in [5, 5.41) is 20.0.